The standard InChI is InChI=1S/C18H13F3N2/c1-10-5-4-7-12-13-9-11-6-2-3-8-14(11)22-17(18(19,20)21)16(13)23-15(10)12/h2-8,23H,9H2,1H3. The molecule has 2 aromatic carbocycles. The number of fused-ring (bicyclic) bond motifs is 4. The topological polar surface area (TPSA) is 28.1 Å². The number of aromatic nitrogens is 1. The minimum atomic E-state index is -4.51. The molecular formula is C18H13F3N2. The van der Waals surface area contributed by atoms with Gasteiger partial charge in [-0.05, 0) is 29.7 Å². The monoisotopic (exact) mass is 314 g/mol. The Labute approximate surface area is 130 Å². The first kappa shape index (κ1) is 14.1. The third-order valence-corrected chi connectivity index (χ3v) is 4.25. The number of H-pyrrole nitrogens is 1. The Morgan fingerprint density at radius 1 is 1.04 bits per heavy atom. The van der Waals surface area contributed by atoms with Crippen LogP contribution in [0.1, 0.15) is 22.4 Å². The average Bonchev–Trinajstić information content (AvgIpc) is 2.76. The number of nitrogens with zero attached hydrogens (tertiary/aromatic N) is 1. The van der Waals surface area contributed by atoms with E-state index in [-0.39, 0.29) is 5.69 Å². The average molecular weight is 314 g/mol. The molecule has 0 aliphatic carbocycles. The predicted octanol–water partition coefficient (Wildman–Crippen LogP) is 5.06. The van der Waals surface area contributed by atoms with Gasteiger partial charge in [0.1, 0.15) is 0 Å². The molecule has 0 saturated heterocycles. The maximum Gasteiger partial charge on any atom is 0.435 e. The van der Waals surface area contributed by atoms with Crippen molar-refractivity contribution in [1.82, 2.24) is 4.98 Å². The first-order chi connectivity index (χ1) is 10.9. The number of aliphatic imine (C=N–C) groups is 1. The number of benzene rings is 2. The van der Waals surface area contributed by atoms with Crippen LogP contribution in [-0.4, -0.2) is 16.9 Å². The summed E-state index contributed by atoms with van der Waals surface area (Å²) >= 11 is 0. The summed E-state index contributed by atoms with van der Waals surface area (Å²) in [6.07, 6.45) is -4.08. The Morgan fingerprint density at radius 2 is 1.83 bits per heavy atom. The summed E-state index contributed by atoms with van der Waals surface area (Å²) in [7, 11) is 0. The van der Waals surface area contributed by atoms with Crippen LogP contribution in [0.3, 0.4) is 0 Å². The number of rotatable bonds is 0. The van der Waals surface area contributed by atoms with Crippen molar-refractivity contribution in [2.75, 3.05) is 0 Å². The molecule has 3 aromatic rings. The Hall–Kier alpha value is -2.56. The molecule has 5 heteroatoms. The third kappa shape index (κ3) is 2.15. The van der Waals surface area contributed by atoms with E-state index >= 15 is 0 Å². The highest BCUT2D eigenvalue weighted by molar-refractivity contribution is 6.10. The van der Waals surface area contributed by atoms with Gasteiger partial charge in [-0.1, -0.05) is 36.4 Å². The van der Waals surface area contributed by atoms with E-state index in [2.05, 4.69) is 9.98 Å². The molecule has 2 nitrogen and oxygen atoms in total. The van der Waals surface area contributed by atoms with E-state index in [4.69, 9.17) is 0 Å². The summed E-state index contributed by atoms with van der Waals surface area (Å²) in [6.45, 7) is 1.89. The van der Waals surface area contributed by atoms with Crippen LogP contribution < -0.4 is 0 Å². The second-order valence-corrected chi connectivity index (χ2v) is 5.74. The number of aromatic amines is 1. The largest absolute Gasteiger partial charge is 0.435 e. The van der Waals surface area contributed by atoms with E-state index in [9.17, 15) is 13.2 Å². The van der Waals surface area contributed by atoms with Crippen LogP contribution in [0.25, 0.3) is 10.9 Å². The summed E-state index contributed by atoms with van der Waals surface area (Å²) in [5, 5.41) is 0.827. The van der Waals surface area contributed by atoms with E-state index < -0.39 is 11.9 Å². The quantitative estimate of drug-likeness (QED) is 0.600. The summed E-state index contributed by atoms with van der Waals surface area (Å²) in [5.74, 6) is 0. The van der Waals surface area contributed by atoms with Crippen LogP contribution in [0.4, 0.5) is 18.9 Å². The van der Waals surface area contributed by atoms with Gasteiger partial charge < -0.3 is 4.98 Å². The second-order valence-electron chi connectivity index (χ2n) is 5.74. The lowest BCUT2D eigenvalue weighted by Gasteiger charge is -2.09. The van der Waals surface area contributed by atoms with Crippen molar-refractivity contribution in [1.29, 1.82) is 0 Å². The van der Waals surface area contributed by atoms with Crippen molar-refractivity contribution < 1.29 is 13.2 Å². The Morgan fingerprint density at radius 3 is 2.61 bits per heavy atom. The molecule has 23 heavy (non-hydrogen) atoms. The summed E-state index contributed by atoms with van der Waals surface area (Å²) in [4.78, 5) is 6.90. The normalized spacial score (nSPS) is 14.2. The van der Waals surface area contributed by atoms with Crippen molar-refractivity contribution >= 4 is 22.3 Å². The van der Waals surface area contributed by atoms with Gasteiger partial charge in [0.25, 0.3) is 0 Å². The second kappa shape index (κ2) is 4.72. The molecule has 1 aromatic heterocycles. The maximum atomic E-state index is 13.6. The maximum absolute atomic E-state index is 13.6. The van der Waals surface area contributed by atoms with Crippen molar-refractivity contribution in [2.45, 2.75) is 19.5 Å². The molecule has 0 amide bonds. The zero-order valence-electron chi connectivity index (χ0n) is 12.3. The van der Waals surface area contributed by atoms with Gasteiger partial charge in [0, 0.05) is 17.3 Å². The fourth-order valence-electron chi connectivity index (χ4n) is 3.15. The van der Waals surface area contributed by atoms with Crippen molar-refractivity contribution in [3.63, 3.8) is 0 Å². The van der Waals surface area contributed by atoms with Gasteiger partial charge in [-0.15, -0.1) is 0 Å². The minimum absolute atomic E-state index is 0.0815. The highest BCUT2D eigenvalue weighted by Gasteiger charge is 2.40. The Bertz CT molecular complexity index is 949. The van der Waals surface area contributed by atoms with Crippen LogP contribution in [0.5, 0.6) is 0 Å². The number of alkyl halides is 3. The highest BCUT2D eigenvalue weighted by Crippen LogP contribution is 2.37. The fraction of sp³-hybridized carbons (Fsp3) is 0.167. The van der Waals surface area contributed by atoms with Gasteiger partial charge >= 0.3 is 6.18 Å². The van der Waals surface area contributed by atoms with Gasteiger partial charge in [0.05, 0.1) is 11.4 Å². The smallest absolute Gasteiger partial charge is 0.353 e. The summed E-state index contributed by atoms with van der Waals surface area (Å²) in [5.41, 5.74) is 2.73. The number of para-hydroxylation sites is 2. The van der Waals surface area contributed by atoms with E-state index in [0.29, 0.717) is 17.7 Å². The van der Waals surface area contributed by atoms with E-state index in [1.165, 1.54) is 0 Å². The fourth-order valence-corrected chi connectivity index (χ4v) is 3.15. The van der Waals surface area contributed by atoms with Crippen LogP contribution in [-0.2, 0) is 6.42 Å². The van der Waals surface area contributed by atoms with Gasteiger partial charge in [-0.2, -0.15) is 13.2 Å². The van der Waals surface area contributed by atoms with E-state index in [1.807, 2.05) is 37.3 Å². The Kier molecular flexibility index (Phi) is 2.88. The molecule has 0 saturated carbocycles. The molecule has 0 radical (unpaired) electrons. The number of hydrogen-bond acceptors (Lipinski definition) is 1. The zero-order chi connectivity index (χ0) is 16.2. The molecule has 1 aliphatic heterocycles. The number of aryl methyl sites for hydroxylation is 1. The lowest BCUT2D eigenvalue weighted by atomic mass is 9.99. The SMILES string of the molecule is Cc1cccc2c3c([nH]c12)C(C(F)(F)F)=Nc1ccccc1C3. The van der Waals surface area contributed by atoms with Gasteiger partial charge in [-0.3, -0.25) is 0 Å². The van der Waals surface area contributed by atoms with Gasteiger partial charge in [0.2, 0.25) is 0 Å². The lowest BCUT2D eigenvalue weighted by molar-refractivity contribution is -0.0581. The lowest BCUT2D eigenvalue weighted by Crippen LogP contribution is -2.24. The van der Waals surface area contributed by atoms with E-state index in [1.54, 1.807) is 12.1 Å². The molecule has 4 rings (SSSR count). The summed E-state index contributed by atoms with van der Waals surface area (Å²) < 4.78 is 40.7. The third-order valence-electron chi connectivity index (χ3n) is 4.25. The Balaban J connectivity index is 2.09. The molecule has 0 fully saturated rings. The van der Waals surface area contributed by atoms with Crippen molar-refractivity contribution in [3.8, 4) is 0 Å². The minimum Gasteiger partial charge on any atom is -0.353 e. The van der Waals surface area contributed by atoms with Gasteiger partial charge in [0.15, 0.2) is 5.71 Å². The number of nitrogens with one attached hydrogen (secondary N) is 1. The zero-order valence-corrected chi connectivity index (χ0v) is 12.3. The molecule has 0 unspecified atom stereocenters. The van der Waals surface area contributed by atoms with Crippen LogP contribution in [0.15, 0.2) is 47.5 Å². The highest BCUT2D eigenvalue weighted by atomic mass is 19.4. The first-order valence-electron chi connectivity index (χ1n) is 7.29. The van der Waals surface area contributed by atoms with E-state index in [0.717, 1.165) is 22.0 Å². The number of halogens is 3. The summed E-state index contributed by atoms with van der Waals surface area (Å²) in [6, 6.07) is 12.6. The molecule has 116 valence electrons. The van der Waals surface area contributed by atoms with Crippen LogP contribution in [0.2, 0.25) is 0 Å². The van der Waals surface area contributed by atoms with Gasteiger partial charge in [-0.25, -0.2) is 4.99 Å². The van der Waals surface area contributed by atoms with Crippen LogP contribution >= 0.6 is 0 Å². The number of hydrogen-bond donors (Lipinski definition) is 1. The first-order valence-corrected chi connectivity index (χ1v) is 7.29. The van der Waals surface area contributed by atoms with Crippen molar-refractivity contribution in [3.05, 3.63) is 64.8 Å². The molecular weight excluding hydrogens is 301 g/mol. The molecule has 0 bridgehead atoms. The molecule has 1 aliphatic rings. The molecule has 0 atom stereocenters. The molecule has 0 spiro atoms. The molecule has 1 N–H and O–H groups in total. The predicted molar refractivity (Wildman–Crippen MR) is 84.5 cm³/mol. The van der Waals surface area contributed by atoms with Crippen molar-refractivity contribution in [2.24, 2.45) is 4.99 Å². The molecule has 2 heterocycles. The van der Waals surface area contributed by atoms with Crippen LogP contribution in [0, 0.1) is 6.92 Å².